The lowest BCUT2D eigenvalue weighted by atomic mass is 9.91. The Labute approximate surface area is 96.1 Å². The molecule has 1 fully saturated rings. The third-order valence-electron chi connectivity index (χ3n) is 3.61. The van der Waals surface area contributed by atoms with Gasteiger partial charge in [-0.25, -0.2) is 0 Å². The molecule has 1 saturated heterocycles. The average molecular weight is 214 g/mol. The van der Waals surface area contributed by atoms with E-state index in [4.69, 9.17) is 0 Å². The van der Waals surface area contributed by atoms with Crippen molar-refractivity contribution in [2.45, 2.75) is 25.7 Å². The summed E-state index contributed by atoms with van der Waals surface area (Å²) in [4.78, 5) is 3.40. The van der Waals surface area contributed by atoms with Crippen LogP contribution >= 0.6 is 0 Å². The Morgan fingerprint density at radius 3 is 3.06 bits per heavy atom. The molecule has 1 aliphatic rings. The van der Waals surface area contributed by atoms with Crippen LogP contribution in [0.3, 0.4) is 0 Å². The van der Waals surface area contributed by atoms with Gasteiger partial charge in [0.15, 0.2) is 0 Å². The van der Waals surface area contributed by atoms with Gasteiger partial charge in [-0.15, -0.1) is 0 Å². The highest BCUT2D eigenvalue weighted by atomic mass is 14.9. The number of rotatable bonds is 1. The Kier molecular flexibility index (Phi) is 2.44. The maximum absolute atomic E-state index is 3.49. The molecule has 0 spiro atoms. The third kappa shape index (κ3) is 1.63. The molecule has 1 aromatic heterocycles. The molecule has 2 N–H and O–H groups in total. The third-order valence-corrected chi connectivity index (χ3v) is 3.61. The lowest BCUT2D eigenvalue weighted by Gasteiger charge is -2.22. The SMILES string of the molecule is Cc1ccc2c(C3CCCNC3)c[nH]c2c1. The molecular weight excluding hydrogens is 196 g/mol. The van der Waals surface area contributed by atoms with Crippen LogP contribution in [0.5, 0.6) is 0 Å². The van der Waals surface area contributed by atoms with E-state index in [0.717, 1.165) is 6.54 Å². The zero-order valence-corrected chi connectivity index (χ0v) is 9.72. The molecule has 1 aromatic carbocycles. The van der Waals surface area contributed by atoms with Crippen LogP contribution in [-0.2, 0) is 0 Å². The van der Waals surface area contributed by atoms with Crippen molar-refractivity contribution in [3.05, 3.63) is 35.5 Å². The molecule has 0 aliphatic carbocycles. The number of aromatic nitrogens is 1. The van der Waals surface area contributed by atoms with E-state index < -0.39 is 0 Å². The van der Waals surface area contributed by atoms with Crippen LogP contribution in [0.25, 0.3) is 10.9 Å². The van der Waals surface area contributed by atoms with Crippen molar-refractivity contribution >= 4 is 10.9 Å². The van der Waals surface area contributed by atoms with Crippen LogP contribution in [0.2, 0.25) is 0 Å². The van der Waals surface area contributed by atoms with Crippen molar-refractivity contribution < 1.29 is 0 Å². The topological polar surface area (TPSA) is 27.8 Å². The zero-order valence-electron chi connectivity index (χ0n) is 9.72. The minimum Gasteiger partial charge on any atom is -0.361 e. The van der Waals surface area contributed by atoms with Crippen LogP contribution in [0.4, 0.5) is 0 Å². The van der Waals surface area contributed by atoms with Crippen molar-refractivity contribution in [3.63, 3.8) is 0 Å². The summed E-state index contributed by atoms with van der Waals surface area (Å²) in [6.45, 7) is 4.45. The Balaban J connectivity index is 2.03. The van der Waals surface area contributed by atoms with Crippen LogP contribution in [-0.4, -0.2) is 18.1 Å². The first kappa shape index (κ1) is 9.91. The van der Waals surface area contributed by atoms with Crippen LogP contribution in [0.15, 0.2) is 24.4 Å². The second kappa shape index (κ2) is 3.95. The number of aromatic amines is 1. The van der Waals surface area contributed by atoms with Gasteiger partial charge >= 0.3 is 0 Å². The quantitative estimate of drug-likeness (QED) is 0.750. The molecule has 16 heavy (non-hydrogen) atoms. The van der Waals surface area contributed by atoms with Crippen molar-refractivity contribution in [3.8, 4) is 0 Å². The van der Waals surface area contributed by atoms with E-state index in [1.54, 1.807) is 0 Å². The number of aryl methyl sites for hydroxylation is 1. The van der Waals surface area contributed by atoms with E-state index in [2.05, 4.69) is 41.6 Å². The molecule has 2 heteroatoms. The fourth-order valence-electron chi connectivity index (χ4n) is 2.72. The van der Waals surface area contributed by atoms with Crippen molar-refractivity contribution in [1.29, 1.82) is 0 Å². The fraction of sp³-hybridized carbons (Fsp3) is 0.429. The van der Waals surface area contributed by atoms with Gasteiger partial charge in [-0.3, -0.25) is 0 Å². The first-order valence-electron chi connectivity index (χ1n) is 6.13. The van der Waals surface area contributed by atoms with Gasteiger partial charge in [0, 0.05) is 23.6 Å². The largest absolute Gasteiger partial charge is 0.361 e. The monoisotopic (exact) mass is 214 g/mol. The van der Waals surface area contributed by atoms with Crippen molar-refractivity contribution in [2.75, 3.05) is 13.1 Å². The normalized spacial score (nSPS) is 21.4. The average Bonchev–Trinajstić information content (AvgIpc) is 2.73. The summed E-state index contributed by atoms with van der Waals surface area (Å²) >= 11 is 0. The number of hydrogen-bond acceptors (Lipinski definition) is 1. The molecule has 1 aliphatic heterocycles. The highest BCUT2D eigenvalue weighted by Gasteiger charge is 2.18. The van der Waals surface area contributed by atoms with Gasteiger partial charge in [0.2, 0.25) is 0 Å². The van der Waals surface area contributed by atoms with Gasteiger partial charge in [0.1, 0.15) is 0 Å². The summed E-state index contributed by atoms with van der Waals surface area (Å²) in [7, 11) is 0. The van der Waals surface area contributed by atoms with E-state index in [9.17, 15) is 0 Å². The lowest BCUT2D eigenvalue weighted by molar-refractivity contribution is 0.463. The molecule has 1 atom stereocenters. The van der Waals surface area contributed by atoms with Gasteiger partial charge in [0.25, 0.3) is 0 Å². The summed E-state index contributed by atoms with van der Waals surface area (Å²) in [5, 5.41) is 4.89. The molecule has 0 saturated carbocycles. The summed E-state index contributed by atoms with van der Waals surface area (Å²) < 4.78 is 0. The standard InChI is InChI=1S/C14H18N2/c1-10-4-5-12-13(9-16-14(12)7-10)11-3-2-6-15-8-11/h4-5,7,9,11,15-16H,2-3,6,8H2,1H3. The van der Waals surface area contributed by atoms with Gasteiger partial charge in [-0.05, 0) is 49.4 Å². The predicted octanol–water partition coefficient (Wildman–Crippen LogP) is 2.94. The molecule has 3 rings (SSSR count). The number of H-pyrrole nitrogens is 1. The smallest absolute Gasteiger partial charge is 0.0459 e. The van der Waals surface area contributed by atoms with Crippen LogP contribution in [0, 0.1) is 6.92 Å². The number of hydrogen-bond donors (Lipinski definition) is 2. The van der Waals surface area contributed by atoms with Gasteiger partial charge in [0.05, 0.1) is 0 Å². The lowest BCUT2D eigenvalue weighted by Crippen LogP contribution is -2.28. The summed E-state index contributed by atoms with van der Waals surface area (Å²) in [5.74, 6) is 0.685. The molecule has 1 unspecified atom stereocenters. The maximum Gasteiger partial charge on any atom is 0.0459 e. The minimum absolute atomic E-state index is 0.685. The molecule has 0 amide bonds. The Bertz CT molecular complexity index is 492. The van der Waals surface area contributed by atoms with Crippen molar-refractivity contribution in [1.82, 2.24) is 10.3 Å². The number of nitrogens with one attached hydrogen (secondary N) is 2. The van der Waals surface area contributed by atoms with Crippen LogP contribution < -0.4 is 5.32 Å². The molecule has 2 nitrogen and oxygen atoms in total. The number of piperidine rings is 1. The Morgan fingerprint density at radius 2 is 2.25 bits per heavy atom. The summed E-state index contributed by atoms with van der Waals surface area (Å²) in [6.07, 6.45) is 4.80. The van der Waals surface area contributed by atoms with Crippen LogP contribution in [0.1, 0.15) is 29.9 Å². The van der Waals surface area contributed by atoms with E-state index in [0.29, 0.717) is 5.92 Å². The number of fused-ring (bicyclic) bond motifs is 1. The Morgan fingerprint density at radius 1 is 1.31 bits per heavy atom. The second-order valence-electron chi connectivity index (χ2n) is 4.84. The van der Waals surface area contributed by atoms with Gasteiger partial charge in [-0.1, -0.05) is 12.1 Å². The molecular formula is C14H18N2. The van der Waals surface area contributed by atoms with Crippen molar-refractivity contribution in [2.24, 2.45) is 0 Å². The highest BCUT2D eigenvalue weighted by molar-refractivity contribution is 5.84. The molecule has 2 aromatic rings. The summed E-state index contributed by atoms with van der Waals surface area (Å²) in [6, 6.07) is 6.69. The first-order valence-corrected chi connectivity index (χ1v) is 6.13. The van der Waals surface area contributed by atoms with E-state index in [1.807, 2.05) is 0 Å². The van der Waals surface area contributed by atoms with Gasteiger partial charge < -0.3 is 10.3 Å². The molecule has 0 bridgehead atoms. The van der Waals surface area contributed by atoms with E-state index in [1.165, 1.54) is 41.4 Å². The minimum atomic E-state index is 0.685. The molecule has 0 radical (unpaired) electrons. The second-order valence-corrected chi connectivity index (χ2v) is 4.84. The van der Waals surface area contributed by atoms with E-state index in [-0.39, 0.29) is 0 Å². The van der Waals surface area contributed by atoms with E-state index >= 15 is 0 Å². The zero-order chi connectivity index (χ0) is 11.0. The Hall–Kier alpha value is -1.28. The molecule has 2 heterocycles. The summed E-state index contributed by atoms with van der Waals surface area (Å²) in [5.41, 5.74) is 4.09. The predicted molar refractivity (Wildman–Crippen MR) is 67.9 cm³/mol. The first-order chi connectivity index (χ1) is 7.84. The molecule has 84 valence electrons. The fourth-order valence-corrected chi connectivity index (χ4v) is 2.72. The highest BCUT2D eigenvalue weighted by Crippen LogP contribution is 2.30. The van der Waals surface area contributed by atoms with Gasteiger partial charge in [-0.2, -0.15) is 0 Å². The maximum atomic E-state index is 3.49. The number of benzene rings is 1.